The smallest absolute Gasteiger partial charge is 0.258 e. The first-order valence-corrected chi connectivity index (χ1v) is 8.18. The van der Waals surface area contributed by atoms with Crippen LogP contribution in [0.3, 0.4) is 0 Å². The summed E-state index contributed by atoms with van der Waals surface area (Å²) < 4.78 is 0. The molecule has 0 atom stereocenters. The van der Waals surface area contributed by atoms with E-state index in [0.717, 1.165) is 5.69 Å². The summed E-state index contributed by atoms with van der Waals surface area (Å²) in [5.74, 6) is 0.996. The molecule has 0 saturated heterocycles. The van der Waals surface area contributed by atoms with E-state index in [0.29, 0.717) is 32.7 Å². The number of aromatic amines is 1. The molecule has 7 heteroatoms. The number of benzene rings is 2. The molecular weight excluding hydrogens is 332 g/mol. The summed E-state index contributed by atoms with van der Waals surface area (Å²) in [5, 5.41) is 1.61. The molecule has 0 unspecified atom stereocenters. The van der Waals surface area contributed by atoms with E-state index in [1.165, 1.54) is 11.8 Å². The van der Waals surface area contributed by atoms with Crippen LogP contribution in [0.4, 0.5) is 5.69 Å². The number of rotatable bonds is 3. The summed E-state index contributed by atoms with van der Waals surface area (Å²) in [7, 11) is 0. The third-order valence-electron chi connectivity index (χ3n) is 3.08. The van der Waals surface area contributed by atoms with Crippen LogP contribution in [0, 0.1) is 0 Å². The Bertz CT molecular complexity index is 921. The van der Waals surface area contributed by atoms with Crippen molar-refractivity contribution in [1.29, 1.82) is 0 Å². The van der Waals surface area contributed by atoms with Crippen LogP contribution in [0.5, 0.6) is 0 Å². The van der Waals surface area contributed by atoms with Gasteiger partial charge in [0.25, 0.3) is 5.56 Å². The molecule has 0 amide bonds. The molecule has 3 aromatic rings. The summed E-state index contributed by atoms with van der Waals surface area (Å²) in [5.41, 5.74) is 7.14. The molecular formula is C16H13ClN4OS. The number of H-pyrrole nitrogens is 1. The van der Waals surface area contributed by atoms with Crippen molar-refractivity contribution in [2.24, 2.45) is 10.7 Å². The molecule has 3 N–H and O–H groups in total. The Kier molecular flexibility index (Phi) is 4.64. The maximum atomic E-state index is 12.0. The molecule has 0 aliphatic carbocycles. The molecule has 0 saturated carbocycles. The van der Waals surface area contributed by atoms with Crippen LogP contribution in [0.1, 0.15) is 5.82 Å². The van der Waals surface area contributed by atoms with Gasteiger partial charge in [0.1, 0.15) is 5.82 Å². The average Bonchev–Trinajstić information content (AvgIpc) is 2.55. The lowest BCUT2D eigenvalue weighted by molar-refractivity contribution is 1.04. The van der Waals surface area contributed by atoms with E-state index in [1.54, 1.807) is 30.3 Å². The number of thioether (sulfide) groups is 1. The zero-order valence-corrected chi connectivity index (χ0v) is 13.6. The second-order valence-corrected chi connectivity index (χ2v) is 6.18. The topological polar surface area (TPSA) is 84.1 Å². The van der Waals surface area contributed by atoms with E-state index in [-0.39, 0.29) is 5.56 Å². The first kappa shape index (κ1) is 15.6. The molecule has 0 aliphatic rings. The summed E-state index contributed by atoms with van der Waals surface area (Å²) in [6, 6.07) is 14.3. The Balaban J connectivity index is 1.75. The monoisotopic (exact) mass is 344 g/mol. The van der Waals surface area contributed by atoms with Crippen molar-refractivity contribution in [2.45, 2.75) is 5.75 Å². The minimum absolute atomic E-state index is 0.153. The van der Waals surface area contributed by atoms with Crippen molar-refractivity contribution in [3.8, 4) is 0 Å². The van der Waals surface area contributed by atoms with Crippen LogP contribution in [0.2, 0.25) is 5.02 Å². The zero-order chi connectivity index (χ0) is 16.2. The summed E-state index contributed by atoms with van der Waals surface area (Å²) in [4.78, 5) is 23.5. The molecule has 2 aromatic carbocycles. The largest absolute Gasteiger partial charge is 0.378 e. The van der Waals surface area contributed by atoms with Crippen molar-refractivity contribution < 1.29 is 0 Å². The third-order valence-corrected chi connectivity index (χ3v) is 4.14. The molecule has 3 rings (SSSR count). The predicted octanol–water partition coefficient (Wildman–Crippen LogP) is 3.46. The van der Waals surface area contributed by atoms with E-state index in [9.17, 15) is 4.79 Å². The third kappa shape index (κ3) is 3.91. The number of hydrogen-bond donors (Lipinski definition) is 2. The molecule has 0 bridgehead atoms. The normalized spacial score (nSPS) is 11.8. The van der Waals surface area contributed by atoms with Gasteiger partial charge in [-0.15, -0.1) is 0 Å². The number of para-hydroxylation sites is 1. The van der Waals surface area contributed by atoms with Crippen molar-refractivity contribution in [2.75, 3.05) is 0 Å². The molecule has 116 valence electrons. The maximum absolute atomic E-state index is 12.0. The highest BCUT2D eigenvalue weighted by atomic mass is 35.5. The zero-order valence-electron chi connectivity index (χ0n) is 12.0. The molecule has 0 radical (unpaired) electrons. The molecule has 0 aliphatic heterocycles. The van der Waals surface area contributed by atoms with E-state index in [4.69, 9.17) is 17.3 Å². The van der Waals surface area contributed by atoms with E-state index >= 15 is 0 Å². The number of fused-ring (bicyclic) bond motifs is 1. The number of nitrogens with one attached hydrogen (secondary N) is 1. The predicted molar refractivity (Wildman–Crippen MR) is 96.4 cm³/mol. The van der Waals surface area contributed by atoms with Gasteiger partial charge in [-0.3, -0.25) is 4.79 Å². The maximum Gasteiger partial charge on any atom is 0.258 e. The lowest BCUT2D eigenvalue weighted by atomic mass is 10.2. The number of halogens is 1. The minimum Gasteiger partial charge on any atom is -0.378 e. The van der Waals surface area contributed by atoms with Crippen LogP contribution in [0.25, 0.3) is 10.9 Å². The van der Waals surface area contributed by atoms with Gasteiger partial charge in [-0.25, -0.2) is 9.98 Å². The van der Waals surface area contributed by atoms with Gasteiger partial charge in [0.2, 0.25) is 0 Å². The van der Waals surface area contributed by atoms with Gasteiger partial charge in [-0.2, -0.15) is 0 Å². The highest BCUT2D eigenvalue weighted by Gasteiger charge is 2.04. The van der Waals surface area contributed by atoms with Gasteiger partial charge in [0.15, 0.2) is 5.17 Å². The second kappa shape index (κ2) is 6.85. The molecule has 1 heterocycles. The lowest BCUT2D eigenvalue weighted by Gasteiger charge is -2.03. The van der Waals surface area contributed by atoms with Crippen LogP contribution >= 0.6 is 23.4 Å². The van der Waals surface area contributed by atoms with Crippen molar-refractivity contribution >= 4 is 45.1 Å². The Labute approximate surface area is 141 Å². The van der Waals surface area contributed by atoms with Crippen LogP contribution in [-0.2, 0) is 5.75 Å². The van der Waals surface area contributed by atoms with Crippen LogP contribution < -0.4 is 11.3 Å². The second-order valence-electron chi connectivity index (χ2n) is 4.74. The van der Waals surface area contributed by atoms with Gasteiger partial charge in [0.05, 0.1) is 22.3 Å². The number of nitrogens with zero attached hydrogens (tertiary/aromatic N) is 2. The van der Waals surface area contributed by atoms with Gasteiger partial charge >= 0.3 is 0 Å². The first-order valence-electron chi connectivity index (χ1n) is 6.82. The van der Waals surface area contributed by atoms with Crippen molar-refractivity contribution in [3.63, 3.8) is 0 Å². The van der Waals surface area contributed by atoms with Gasteiger partial charge in [-0.05, 0) is 36.4 Å². The number of amidine groups is 1. The minimum atomic E-state index is -0.153. The van der Waals surface area contributed by atoms with Gasteiger partial charge < -0.3 is 10.7 Å². The fraction of sp³-hybridized carbons (Fsp3) is 0.0625. The standard InChI is InChI=1S/C16H13ClN4OS/c17-10-5-7-11(8-6-10)19-16(18)23-9-14-20-13-4-2-1-3-12(13)15(22)21-14/h1-8H,9H2,(H2,18,19)(H,20,21,22). The molecule has 5 nitrogen and oxygen atoms in total. The van der Waals surface area contributed by atoms with Crippen molar-refractivity contribution in [1.82, 2.24) is 9.97 Å². The quantitative estimate of drug-likeness (QED) is 0.563. The summed E-state index contributed by atoms with van der Waals surface area (Å²) in [6.07, 6.45) is 0. The highest BCUT2D eigenvalue weighted by Crippen LogP contribution is 2.18. The van der Waals surface area contributed by atoms with Gasteiger partial charge in [-0.1, -0.05) is 35.5 Å². The number of nitrogens with two attached hydrogens (primary N) is 1. The Morgan fingerprint density at radius 2 is 1.96 bits per heavy atom. The number of hydrogen-bond acceptors (Lipinski definition) is 4. The van der Waals surface area contributed by atoms with E-state index in [1.807, 2.05) is 18.2 Å². The number of aromatic nitrogens is 2. The van der Waals surface area contributed by atoms with Crippen LogP contribution in [-0.4, -0.2) is 15.1 Å². The highest BCUT2D eigenvalue weighted by molar-refractivity contribution is 8.13. The fourth-order valence-electron chi connectivity index (χ4n) is 2.02. The molecule has 0 fully saturated rings. The lowest BCUT2D eigenvalue weighted by Crippen LogP contribution is -2.13. The van der Waals surface area contributed by atoms with E-state index < -0.39 is 0 Å². The average molecular weight is 345 g/mol. The van der Waals surface area contributed by atoms with Gasteiger partial charge in [0, 0.05) is 5.02 Å². The summed E-state index contributed by atoms with van der Waals surface area (Å²) >= 11 is 7.13. The van der Waals surface area contributed by atoms with Crippen molar-refractivity contribution in [3.05, 3.63) is 69.7 Å². The molecule has 1 aromatic heterocycles. The first-order chi connectivity index (χ1) is 11.1. The Hall–Kier alpha value is -2.31. The summed E-state index contributed by atoms with van der Waals surface area (Å²) in [6.45, 7) is 0. The van der Waals surface area contributed by atoms with E-state index in [2.05, 4.69) is 15.0 Å². The SMILES string of the molecule is NC(=Nc1ccc(Cl)cc1)SCc1nc2ccccc2c(=O)[nH]1. The molecule has 0 spiro atoms. The van der Waals surface area contributed by atoms with Crippen LogP contribution in [0.15, 0.2) is 58.3 Å². The number of aliphatic imine (C=N–C) groups is 1. The molecule has 23 heavy (non-hydrogen) atoms. The Morgan fingerprint density at radius 1 is 1.22 bits per heavy atom. The fourth-order valence-corrected chi connectivity index (χ4v) is 2.74. The Morgan fingerprint density at radius 3 is 2.74 bits per heavy atom.